The number of rotatable bonds is 5. The summed E-state index contributed by atoms with van der Waals surface area (Å²) in [5.41, 5.74) is -0.344. The summed E-state index contributed by atoms with van der Waals surface area (Å²) in [6, 6.07) is 0. The second kappa shape index (κ2) is 5.04. The molecular weight excluding hydrogens is 180 g/mol. The molecule has 0 atom stereocenters. The molecule has 0 rings (SSSR count). The Labute approximate surface area is 77.9 Å². The van der Waals surface area contributed by atoms with E-state index in [1.54, 1.807) is 11.8 Å². The second-order valence-electron chi connectivity index (χ2n) is 3.08. The maximum absolute atomic E-state index is 11.3. The maximum atomic E-state index is 11.3. The van der Waals surface area contributed by atoms with Crippen molar-refractivity contribution < 1.29 is 4.79 Å². The number of alkyl halides is 1. The molecule has 0 radical (unpaired) electrons. The SMILES string of the molecule is CCSCC(=O)C(C)(C)CCl. The van der Waals surface area contributed by atoms with Crippen molar-refractivity contribution in [2.75, 3.05) is 17.4 Å². The van der Waals surface area contributed by atoms with Crippen molar-refractivity contribution in [1.29, 1.82) is 0 Å². The Bertz CT molecular complexity index is 134. The molecule has 11 heavy (non-hydrogen) atoms. The monoisotopic (exact) mass is 194 g/mol. The van der Waals surface area contributed by atoms with Gasteiger partial charge in [0.15, 0.2) is 0 Å². The van der Waals surface area contributed by atoms with Gasteiger partial charge in [-0.3, -0.25) is 4.79 Å². The fourth-order valence-corrected chi connectivity index (χ4v) is 1.39. The number of thioether (sulfide) groups is 1. The minimum absolute atomic E-state index is 0.249. The number of hydrogen-bond acceptors (Lipinski definition) is 2. The van der Waals surface area contributed by atoms with Crippen LogP contribution in [0.4, 0.5) is 0 Å². The van der Waals surface area contributed by atoms with E-state index in [1.807, 2.05) is 20.8 Å². The first-order chi connectivity index (χ1) is 5.04. The summed E-state index contributed by atoms with van der Waals surface area (Å²) in [7, 11) is 0. The predicted octanol–water partition coefficient (Wildman–Crippen LogP) is 2.57. The summed E-state index contributed by atoms with van der Waals surface area (Å²) in [6.07, 6.45) is 0. The van der Waals surface area contributed by atoms with Gasteiger partial charge in [-0.15, -0.1) is 11.6 Å². The van der Waals surface area contributed by atoms with Crippen molar-refractivity contribution in [2.45, 2.75) is 20.8 Å². The Kier molecular flexibility index (Phi) is 5.19. The van der Waals surface area contributed by atoms with E-state index in [2.05, 4.69) is 0 Å². The van der Waals surface area contributed by atoms with Gasteiger partial charge in [0.1, 0.15) is 5.78 Å². The van der Waals surface area contributed by atoms with Gasteiger partial charge in [0.2, 0.25) is 0 Å². The van der Waals surface area contributed by atoms with E-state index in [0.29, 0.717) is 11.6 Å². The Morgan fingerprint density at radius 2 is 2.09 bits per heavy atom. The number of carbonyl (C=O) groups excluding carboxylic acids is 1. The molecule has 66 valence electrons. The Hall–Kier alpha value is 0.310. The highest BCUT2D eigenvalue weighted by Crippen LogP contribution is 2.20. The van der Waals surface area contributed by atoms with Crippen LogP contribution >= 0.6 is 23.4 Å². The molecule has 0 spiro atoms. The fraction of sp³-hybridized carbons (Fsp3) is 0.875. The summed E-state index contributed by atoms with van der Waals surface area (Å²) in [6.45, 7) is 5.82. The summed E-state index contributed by atoms with van der Waals surface area (Å²) in [4.78, 5) is 11.3. The van der Waals surface area contributed by atoms with Crippen molar-refractivity contribution in [3.8, 4) is 0 Å². The zero-order valence-electron chi connectivity index (χ0n) is 7.32. The second-order valence-corrected chi connectivity index (χ2v) is 4.62. The molecule has 0 bridgehead atoms. The van der Waals surface area contributed by atoms with Gasteiger partial charge >= 0.3 is 0 Å². The van der Waals surface area contributed by atoms with E-state index in [4.69, 9.17) is 11.6 Å². The zero-order chi connectivity index (χ0) is 8.91. The molecule has 0 aromatic carbocycles. The van der Waals surface area contributed by atoms with Gasteiger partial charge < -0.3 is 0 Å². The van der Waals surface area contributed by atoms with Gasteiger partial charge in [-0.05, 0) is 5.75 Å². The molecule has 0 aromatic heterocycles. The molecule has 3 heteroatoms. The molecule has 0 aliphatic carbocycles. The minimum atomic E-state index is -0.344. The summed E-state index contributed by atoms with van der Waals surface area (Å²) >= 11 is 7.29. The molecule has 0 unspecified atom stereocenters. The third-order valence-corrected chi connectivity index (χ3v) is 3.07. The smallest absolute Gasteiger partial charge is 0.149 e. The lowest BCUT2D eigenvalue weighted by molar-refractivity contribution is -0.123. The number of halogens is 1. The molecule has 0 aliphatic heterocycles. The van der Waals surface area contributed by atoms with Gasteiger partial charge in [-0.2, -0.15) is 11.8 Å². The van der Waals surface area contributed by atoms with Crippen LogP contribution in [0.3, 0.4) is 0 Å². The topological polar surface area (TPSA) is 17.1 Å². The van der Waals surface area contributed by atoms with E-state index in [9.17, 15) is 4.79 Å². The highest BCUT2D eigenvalue weighted by atomic mass is 35.5. The third kappa shape index (κ3) is 4.02. The first-order valence-electron chi connectivity index (χ1n) is 3.71. The lowest BCUT2D eigenvalue weighted by atomic mass is 9.92. The first-order valence-corrected chi connectivity index (χ1v) is 5.40. The molecule has 1 nitrogen and oxygen atoms in total. The fourth-order valence-electron chi connectivity index (χ4n) is 0.465. The molecule has 0 aromatic rings. The lowest BCUT2D eigenvalue weighted by Gasteiger charge is -2.18. The highest BCUT2D eigenvalue weighted by Gasteiger charge is 2.25. The predicted molar refractivity (Wildman–Crippen MR) is 52.5 cm³/mol. The minimum Gasteiger partial charge on any atom is -0.298 e. The average Bonchev–Trinajstić information content (AvgIpc) is 2.00. The van der Waals surface area contributed by atoms with Crippen molar-refractivity contribution in [1.82, 2.24) is 0 Å². The van der Waals surface area contributed by atoms with Crippen LogP contribution in [-0.4, -0.2) is 23.2 Å². The van der Waals surface area contributed by atoms with E-state index in [1.165, 1.54) is 0 Å². The number of ketones is 1. The normalized spacial score (nSPS) is 11.6. The highest BCUT2D eigenvalue weighted by molar-refractivity contribution is 7.99. The van der Waals surface area contributed by atoms with Crippen molar-refractivity contribution >= 4 is 29.1 Å². The Morgan fingerprint density at radius 3 is 2.45 bits per heavy atom. The van der Waals surface area contributed by atoms with Gasteiger partial charge in [0, 0.05) is 11.3 Å². The molecule has 0 N–H and O–H groups in total. The van der Waals surface area contributed by atoms with Crippen LogP contribution in [0.15, 0.2) is 0 Å². The third-order valence-electron chi connectivity index (χ3n) is 1.53. The first kappa shape index (κ1) is 11.3. The van der Waals surface area contributed by atoms with Crippen LogP contribution in [0.1, 0.15) is 20.8 Å². The van der Waals surface area contributed by atoms with Gasteiger partial charge in [-0.25, -0.2) is 0 Å². The number of Topliss-reactive ketones (excluding diaryl/α,β-unsaturated/α-hetero) is 1. The van der Waals surface area contributed by atoms with E-state index < -0.39 is 0 Å². The molecule has 0 amide bonds. The molecule has 0 fully saturated rings. The van der Waals surface area contributed by atoms with Crippen molar-refractivity contribution in [2.24, 2.45) is 5.41 Å². The standard InChI is InChI=1S/C8H15ClOS/c1-4-11-5-7(10)8(2,3)6-9/h4-6H2,1-3H3. The lowest BCUT2D eigenvalue weighted by Crippen LogP contribution is -2.27. The van der Waals surface area contributed by atoms with Crippen LogP contribution in [0.5, 0.6) is 0 Å². The van der Waals surface area contributed by atoms with Crippen LogP contribution in [0, 0.1) is 5.41 Å². The van der Waals surface area contributed by atoms with Gasteiger partial charge in [0.25, 0.3) is 0 Å². The van der Waals surface area contributed by atoms with E-state index >= 15 is 0 Å². The van der Waals surface area contributed by atoms with Crippen molar-refractivity contribution in [3.05, 3.63) is 0 Å². The van der Waals surface area contributed by atoms with E-state index in [0.717, 1.165) is 5.75 Å². The largest absolute Gasteiger partial charge is 0.298 e. The van der Waals surface area contributed by atoms with Crippen molar-refractivity contribution in [3.63, 3.8) is 0 Å². The zero-order valence-corrected chi connectivity index (χ0v) is 8.89. The van der Waals surface area contributed by atoms with Crippen LogP contribution in [0.25, 0.3) is 0 Å². The van der Waals surface area contributed by atoms with Gasteiger partial charge in [-0.1, -0.05) is 20.8 Å². The summed E-state index contributed by atoms with van der Waals surface area (Å²) in [5, 5.41) is 0. The van der Waals surface area contributed by atoms with Crippen LogP contribution in [0.2, 0.25) is 0 Å². The van der Waals surface area contributed by atoms with Crippen LogP contribution < -0.4 is 0 Å². The average molecular weight is 195 g/mol. The molecule has 0 aliphatic rings. The molecular formula is C8H15ClOS. The number of hydrogen-bond donors (Lipinski definition) is 0. The Morgan fingerprint density at radius 1 is 1.55 bits per heavy atom. The number of carbonyl (C=O) groups is 1. The van der Waals surface area contributed by atoms with Gasteiger partial charge in [0.05, 0.1) is 5.75 Å². The maximum Gasteiger partial charge on any atom is 0.149 e. The quantitative estimate of drug-likeness (QED) is 0.626. The Balaban J connectivity index is 3.82. The summed E-state index contributed by atoms with van der Waals surface area (Å²) < 4.78 is 0. The van der Waals surface area contributed by atoms with E-state index in [-0.39, 0.29) is 11.2 Å². The molecule has 0 saturated heterocycles. The van der Waals surface area contributed by atoms with Crippen LogP contribution in [-0.2, 0) is 4.79 Å². The molecule has 0 saturated carbocycles. The summed E-state index contributed by atoms with van der Waals surface area (Å²) in [5.74, 6) is 2.25. The molecule has 0 heterocycles.